The molecule has 1 fully saturated rings. The normalized spacial score (nSPS) is 22.5. The van der Waals surface area contributed by atoms with Crippen LogP contribution in [0.5, 0.6) is 5.75 Å². The molecule has 2 atom stereocenters. The number of carboxylic acids is 1. The molecule has 1 aromatic rings. The van der Waals surface area contributed by atoms with Crippen LogP contribution in [0.2, 0.25) is 0 Å². The first-order valence-electron chi connectivity index (χ1n) is 5.57. The van der Waals surface area contributed by atoms with E-state index in [1.54, 1.807) is 19.1 Å². The summed E-state index contributed by atoms with van der Waals surface area (Å²) in [5.41, 5.74) is 0.146. The predicted molar refractivity (Wildman–Crippen MR) is 80.3 cm³/mol. The van der Waals surface area contributed by atoms with E-state index in [0.717, 1.165) is 3.57 Å². The second kappa shape index (κ2) is 5.58. The van der Waals surface area contributed by atoms with Crippen molar-refractivity contribution in [3.05, 3.63) is 27.3 Å². The number of aromatic hydroxyl groups is 1. The fraction of sp³-hybridized carbons (Fsp3) is 0.333. The maximum absolute atomic E-state index is 12.4. The van der Waals surface area contributed by atoms with Crippen LogP contribution >= 0.6 is 34.4 Å². The van der Waals surface area contributed by atoms with Gasteiger partial charge in [0.05, 0.1) is 10.9 Å². The number of rotatable bonds is 2. The fourth-order valence-electron chi connectivity index (χ4n) is 1.96. The fourth-order valence-corrected chi connectivity index (χ4v) is 3.62. The summed E-state index contributed by atoms with van der Waals surface area (Å²) in [6.07, 6.45) is 0. The highest BCUT2D eigenvalue weighted by atomic mass is 127. The van der Waals surface area contributed by atoms with E-state index in [1.807, 2.05) is 22.6 Å². The Balaban J connectivity index is 2.37. The summed E-state index contributed by atoms with van der Waals surface area (Å²) >= 11 is 3.45. The van der Waals surface area contributed by atoms with Crippen molar-refractivity contribution in [1.29, 1.82) is 0 Å². The zero-order chi connectivity index (χ0) is 14.2. The number of thioether (sulfide) groups is 1. The topological polar surface area (TPSA) is 77.8 Å². The van der Waals surface area contributed by atoms with Gasteiger partial charge in [0.25, 0.3) is 5.91 Å². The zero-order valence-electron chi connectivity index (χ0n) is 10.0. The van der Waals surface area contributed by atoms with Gasteiger partial charge < -0.3 is 15.1 Å². The molecule has 1 aromatic carbocycles. The van der Waals surface area contributed by atoms with Crippen LogP contribution in [0.1, 0.15) is 17.3 Å². The van der Waals surface area contributed by atoms with Crippen molar-refractivity contribution < 1.29 is 19.8 Å². The van der Waals surface area contributed by atoms with Crippen LogP contribution in [0.3, 0.4) is 0 Å². The summed E-state index contributed by atoms with van der Waals surface area (Å²) in [5, 5.41) is 18.7. The molecule has 0 bridgehead atoms. The van der Waals surface area contributed by atoms with Gasteiger partial charge >= 0.3 is 5.97 Å². The van der Waals surface area contributed by atoms with Crippen LogP contribution in [0.4, 0.5) is 0 Å². The van der Waals surface area contributed by atoms with Gasteiger partial charge in [-0.2, -0.15) is 0 Å². The maximum Gasteiger partial charge on any atom is 0.327 e. The highest BCUT2D eigenvalue weighted by Crippen LogP contribution is 2.32. The summed E-state index contributed by atoms with van der Waals surface area (Å²) in [6, 6.07) is 3.85. The molecular formula is C12H12INO4S. The molecule has 1 saturated heterocycles. The van der Waals surface area contributed by atoms with Crippen molar-refractivity contribution in [3.63, 3.8) is 0 Å². The number of amides is 1. The SMILES string of the molecule is CC1SCC(C(=O)O)N1C(=O)c1cc(I)ccc1O. The number of carbonyl (C=O) groups excluding carboxylic acids is 1. The molecule has 0 radical (unpaired) electrons. The smallest absolute Gasteiger partial charge is 0.327 e. The molecule has 0 spiro atoms. The van der Waals surface area contributed by atoms with E-state index in [1.165, 1.54) is 22.7 Å². The molecule has 1 aliphatic rings. The third-order valence-electron chi connectivity index (χ3n) is 2.93. The Morgan fingerprint density at radius 2 is 2.16 bits per heavy atom. The van der Waals surface area contributed by atoms with Crippen LogP contribution in [-0.4, -0.2) is 44.2 Å². The van der Waals surface area contributed by atoms with E-state index in [-0.39, 0.29) is 16.7 Å². The summed E-state index contributed by atoms with van der Waals surface area (Å²) in [6.45, 7) is 1.79. The lowest BCUT2D eigenvalue weighted by molar-refractivity contribution is -0.141. The molecular weight excluding hydrogens is 381 g/mol. The monoisotopic (exact) mass is 393 g/mol. The molecule has 19 heavy (non-hydrogen) atoms. The third-order valence-corrected chi connectivity index (χ3v) is 4.82. The standard InChI is InChI=1S/C12H12INO4S/c1-6-14(9(5-19-6)12(17)18)11(16)8-4-7(13)2-3-10(8)15/h2-4,6,9,15H,5H2,1H3,(H,17,18). The molecule has 1 aliphatic heterocycles. The average molecular weight is 393 g/mol. The van der Waals surface area contributed by atoms with Crippen LogP contribution in [0, 0.1) is 3.57 Å². The molecule has 5 nitrogen and oxygen atoms in total. The molecule has 7 heteroatoms. The average Bonchev–Trinajstić information content (AvgIpc) is 2.73. The number of hydrogen-bond donors (Lipinski definition) is 2. The molecule has 102 valence electrons. The largest absolute Gasteiger partial charge is 0.507 e. The van der Waals surface area contributed by atoms with Crippen molar-refractivity contribution in [2.45, 2.75) is 18.3 Å². The van der Waals surface area contributed by atoms with Gasteiger partial charge in [0.1, 0.15) is 11.8 Å². The molecule has 0 saturated carbocycles. The van der Waals surface area contributed by atoms with E-state index in [2.05, 4.69) is 0 Å². The first-order chi connectivity index (χ1) is 8.91. The number of carboxylic acid groups (broad SMARTS) is 1. The Morgan fingerprint density at radius 3 is 2.79 bits per heavy atom. The number of nitrogens with zero attached hydrogens (tertiary/aromatic N) is 1. The second-order valence-corrected chi connectivity index (χ2v) is 6.76. The first kappa shape index (κ1) is 14.4. The number of phenols is 1. The summed E-state index contributed by atoms with van der Waals surface area (Å²) in [5.74, 6) is -1.22. The van der Waals surface area contributed by atoms with Gasteiger partial charge in [-0.15, -0.1) is 11.8 Å². The zero-order valence-corrected chi connectivity index (χ0v) is 13.0. The van der Waals surface area contributed by atoms with Crippen LogP contribution in [0.15, 0.2) is 18.2 Å². The predicted octanol–water partition coefficient (Wildman–Crippen LogP) is 1.99. The van der Waals surface area contributed by atoms with E-state index >= 15 is 0 Å². The van der Waals surface area contributed by atoms with E-state index in [0.29, 0.717) is 5.75 Å². The molecule has 1 amide bonds. The molecule has 2 unspecified atom stereocenters. The van der Waals surface area contributed by atoms with Gasteiger partial charge in [0.2, 0.25) is 0 Å². The number of phenolic OH excluding ortho intramolecular Hbond substituents is 1. The minimum atomic E-state index is -1.02. The van der Waals surface area contributed by atoms with Crippen molar-refractivity contribution >= 4 is 46.2 Å². The molecule has 2 N–H and O–H groups in total. The Hall–Kier alpha value is -0.960. The van der Waals surface area contributed by atoms with Crippen LogP contribution in [0.25, 0.3) is 0 Å². The minimum absolute atomic E-state index is 0.126. The summed E-state index contributed by atoms with van der Waals surface area (Å²) < 4.78 is 0.810. The Kier molecular flexibility index (Phi) is 4.24. The highest BCUT2D eigenvalue weighted by molar-refractivity contribution is 14.1. The van der Waals surface area contributed by atoms with Crippen molar-refractivity contribution in [3.8, 4) is 5.75 Å². The van der Waals surface area contributed by atoms with Gasteiger partial charge in [-0.25, -0.2) is 4.79 Å². The van der Waals surface area contributed by atoms with Gasteiger partial charge in [-0.05, 0) is 47.7 Å². The molecule has 0 aliphatic carbocycles. The number of carbonyl (C=O) groups is 2. The van der Waals surface area contributed by atoms with Crippen LogP contribution < -0.4 is 0 Å². The van der Waals surface area contributed by atoms with Gasteiger partial charge in [0, 0.05) is 9.32 Å². The summed E-state index contributed by atoms with van der Waals surface area (Å²) in [7, 11) is 0. The van der Waals surface area contributed by atoms with Gasteiger partial charge in [0.15, 0.2) is 0 Å². The number of hydrogen-bond acceptors (Lipinski definition) is 4. The van der Waals surface area contributed by atoms with Crippen molar-refractivity contribution in [2.24, 2.45) is 0 Å². The second-order valence-electron chi connectivity index (χ2n) is 4.16. The molecule has 2 rings (SSSR count). The number of aliphatic carboxylic acids is 1. The highest BCUT2D eigenvalue weighted by Gasteiger charge is 2.40. The summed E-state index contributed by atoms with van der Waals surface area (Å²) in [4.78, 5) is 24.9. The number of benzene rings is 1. The molecule has 0 aromatic heterocycles. The third kappa shape index (κ3) is 2.81. The van der Waals surface area contributed by atoms with E-state index < -0.39 is 17.9 Å². The maximum atomic E-state index is 12.4. The van der Waals surface area contributed by atoms with Crippen molar-refractivity contribution in [1.82, 2.24) is 4.90 Å². The van der Waals surface area contributed by atoms with Gasteiger partial charge in [-0.1, -0.05) is 0 Å². The van der Waals surface area contributed by atoms with E-state index in [9.17, 15) is 14.7 Å². The Morgan fingerprint density at radius 1 is 1.47 bits per heavy atom. The lowest BCUT2D eigenvalue weighted by Gasteiger charge is -2.25. The van der Waals surface area contributed by atoms with E-state index in [4.69, 9.17) is 5.11 Å². The quantitative estimate of drug-likeness (QED) is 0.752. The Labute approximate surface area is 128 Å². The van der Waals surface area contributed by atoms with Crippen molar-refractivity contribution in [2.75, 3.05) is 5.75 Å². The lowest BCUT2D eigenvalue weighted by atomic mass is 10.1. The minimum Gasteiger partial charge on any atom is -0.507 e. The number of halogens is 1. The van der Waals surface area contributed by atoms with Crippen LogP contribution in [-0.2, 0) is 4.79 Å². The van der Waals surface area contributed by atoms with Gasteiger partial charge in [-0.3, -0.25) is 4.79 Å². The Bertz CT molecular complexity index is 536. The lowest BCUT2D eigenvalue weighted by Crippen LogP contribution is -2.44. The molecule has 1 heterocycles. The first-order valence-corrected chi connectivity index (χ1v) is 7.70.